The van der Waals surface area contributed by atoms with Gasteiger partial charge in [-0.1, -0.05) is 12.1 Å². The molecule has 2 heterocycles. The van der Waals surface area contributed by atoms with Gasteiger partial charge in [0.2, 0.25) is 0 Å². The van der Waals surface area contributed by atoms with Gasteiger partial charge in [-0.25, -0.2) is 14.8 Å². The minimum absolute atomic E-state index is 0.0681. The van der Waals surface area contributed by atoms with Crippen LogP contribution in [0.25, 0.3) is 0 Å². The molecule has 2 aromatic rings. The summed E-state index contributed by atoms with van der Waals surface area (Å²) >= 11 is 0. The number of anilines is 1. The van der Waals surface area contributed by atoms with Gasteiger partial charge >= 0.3 is 12.2 Å². The Morgan fingerprint density at radius 1 is 1.13 bits per heavy atom. The van der Waals surface area contributed by atoms with Gasteiger partial charge in [0.1, 0.15) is 23.1 Å². The van der Waals surface area contributed by atoms with Crippen LogP contribution in [0, 0.1) is 6.92 Å². The summed E-state index contributed by atoms with van der Waals surface area (Å²) in [6.45, 7) is 3.54. The molecule has 0 unspecified atom stereocenters. The van der Waals surface area contributed by atoms with E-state index in [1.165, 1.54) is 6.92 Å². The standard InChI is InChI=1S/C20H24F3N5O2/c1-14-25-17(20(21,22)23)13-18(26-14)27-9-11-28(12-10-27)19(29)24-8-7-15-3-5-16(30-2)6-4-15/h3-6,13H,7-12H2,1-2H3,(H,24,29). The molecule has 0 spiro atoms. The lowest BCUT2D eigenvalue weighted by Gasteiger charge is -2.35. The second-order valence-electron chi connectivity index (χ2n) is 6.96. The number of carbonyl (C=O) groups excluding carboxylic acids is 1. The summed E-state index contributed by atoms with van der Waals surface area (Å²) < 4.78 is 44.1. The van der Waals surface area contributed by atoms with Crippen LogP contribution in [-0.4, -0.2) is 60.7 Å². The molecule has 1 aromatic heterocycles. The number of urea groups is 1. The molecule has 0 saturated carbocycles. The average molecular weight is 423 g/mol. The fourth-order valence-corrected chi connectivity index (χ4v) is 3.22. The van der Waals surface area contributed by atoms with E-state index < -0.39 is 11.9 Å². The zero-order valence-corrected chi connectivity index (χ0v) is 16.9. The van der Waals surface area contributed by atoms with Crippen molar-refractivity contribution in [2.24, 2.45) is 0 Å². The minimum Gasteiger partial charge on any atom is -0.497 e. The number of aryl methyl sites for hydroxylation is 1. The highest BCUT2D eigenvalue weighted by atomic mass is 19.4. The Labute approximate surface area is 172 Å². The summed E-state index contributed by atoms with van der Waals surface area (Å²) in [6.07, 6.45) is -3.83. The molecule has 0 aliphatic carbocycles. The molecular formula is C20H24F3N5O2. The molecule has 30 heavy (non-hydrogen) atoms. The Kier molecular flexibility index (Phi) is 6.63. The lowest BCUT2D eigenvalue weighted by molar-refractivity contribution is -0.141. The lowest BCUT2D eigenvalue weighted by Crippen LogP contribution is -2.52. The number of benzene rings is 1. The normalized spacial score (nSPS) is 14.6. The van der Waals surface area contributed by atoms with Gasteiger partial charge in [-0.15, -0.1) is 0 Å². The molecule has 0 bridgehead atoms. The van der Waals surface area contributed by atoms with E-state index in [1.807, 2.05) is 24.3 Å². The van der Waals surface area contributed by atoms with E-state index >= 15 is 0 Å². The van der Waals surface area contributed by atoms with Crippen molar-refractivity contribution >= 4 is 11.8 Å². The van der Waals surface area contributed by atoms with Crippen molar-refractivity contribution in [3.8, 4) is 5.75 Å². The maximum Gasteiger partial charge on any atom is 0.433 e. The average Bonchev–Trinajstić information content (AvgIpc) is 2.73. The molecule has 7 nitrogen and oxygen atoms in total. The molecule has 0 atom stereocenters. The fourth-order valence-electron chi connectivity index (χ4n) is 3.22. The van der Waals surface area contributed by atoms with E-state index in [2.05, 4.69) is 15.3 Å². The van der Waals surface area contributed by atoms with Gasteiger partial charge in [0.05, 0.1) is 7.11 Å². The zero-order chi connectivity index (χ0) is 21.7. The number of hydrogen-bond acceptors (Lipinski definition) is 5. The number of hydrogen-bond donors (Lipinski definition) is 1. The Bertz CT molecular complexity index is 866. The molecule has 1 fully saturated rings. The van der Waals surface area contributed by atoms with Crippen LogP contribution in [0.2, 0.25) is 0 Å². The first-order valence-corrected chi connectivity index (χ1v) is 9.60. The van der Waals surface area contributed by atoms with E-state index in [0.717, 1.165) is 17.4 Å². The van der Waals surface area contributed by atoms with Crippen molar-refractivity contribution < 1.29 is 22.7 Å². The summed E-state index contributed by atoms with van der Waals surface area (Å²) in [7, 11) is 1.61. The van der Waals surface area contributed by atoms with E-state index in [9.17, 15) is 18.0 Å². The fraction of sp³-hybridized carbons (Fsp3) is 0.450. The second-order valence-corrected chi connectivity index (χ2v) is 6.96. The van der Waals surface area contributed by atoms with Crippen molar-refractivity contribution in [2.75, 3.05) is 44.7 Å². The first-order valence-electron chi connectivity index (χ1n) is 9.60. The number of piperazine rings is 1. The van der Waals surface area contributed by atoms with Gasteiger partial charge in [-0.3, -0.25) is 0 Å². The number of nitrogens with zero attached hydrogens (tertiary/aromatic N) is 4. The Morgan fingerprint density at radius 2 is 1.80 bits per heavy atom. The third-order valence-electron chi connectivity index (χ3n) is 4.85. The first kappa shape index (κ1) is 21.7. The summed E-state index contributed by atoms with van der Waals surface area (Å²) in [4.78, 5) is 23.4. The smallest absolute Gasteiger partial charge is 0.433 e. The molecule has 1 aromatic carbocycles. The molecular weight excluding hydrogens is 399 g/mol. The SMILES string of the molecule is COc1ccc(CCNC(=O)N2CCN(c3cc(C(F)(F)F)nc(C)n3)CC2)cc1. The molecule has 2 amide bonds. The number of aromatic nitrogens is 2. The first-order chi connectivity index (χ1) is 14.3. The van der Waals surface area contributed by atoms with Crippen LogP contribution < -0.4 is 15.0 Å². The lowest BCUT2D eigenvalue weighted by atomic mass is 10.1. The Morgan fingerprint density at radius 3 is 2.40 bits per heavy atom. The van der Waals surface area contributed by atoms with Gasteiger partial charge in [0.25, 0.3) is 0 Å². The number of amides is 2. The van der Waals surface area contributed by atoms with Crippen LogP contribution in [0.4, 0.5) is 23.8 Å². The Hall–Kier alpha value is -3.04. The van der Waals surface area contributed by atoms with Gasteiger partial charge in [0, 0.05) is 38.8 Å². The highest BCUT2D eigenvalue weighted by Crippen LogP contribution is 2.29. The number of methoxy groups -OCH3 is 1. The van der Waals surface area contributed by atoms with E-state index in [4.69, 9.17) is 4.74 Å². The van der Waals surface area contributed by atoms with Crippen molar-refractivity contribution in [1.82, 2.24) is 20.2 Å². The van der Waals surface area contributed by atoms with Crippen LogP contribution in [0.15, 0.2) is 30.3 Å². The van der Waals surface area contributed by atoms with E-state index in [1.54, 1.807) is 16.9 Å². The van der Waals surface area contributed by atoms with Crippen molar-refractivity contribution in [2.45, 2.75) is 19.5 Å². The number of carbonyl (C=O) groups is 1. The summed E-state index contributed by atoms with van der Waals surface area (Å²) in [5.41, 5.74) is 0.129. The quantitative estimate of drug-likeness (QED) is 0.801. The highest BCUT2D eigenvalue weighted by molar-refractivity contribution is 5.74. The van der Waals surface area contributed by atoms with Gasteiger partial charge in [-0.2, -0.15) is 13.2 Å². The van der Waals surface area contributed by atoms with Gasteiger partial charge in [0.15, 0.2) is 0 Å². The number of rotatable bonds is 5. The van der Waals surface area contributed by atoms with E-state index in [-0.39, 0.29) is 17.7 Å². The van der Waals surface area contributed by atoms with Crippen LogP contribution >= 0.6 is 0 Å². The Balaban J connectivity index is 1.49. The van der Waals surface area contributed by atoms with Crippen LogP contribution in [-0.2, 0) is 12.6 Å². The molecule has 1 aliphatic rings. The third-order valence-corrected chi connectivity index (χ3v) is 4.85. The predicted octanol–water partition coefficient (Wildman–Crippen LogP) is 2.89. The minimum atomic E-state index is -4.52. The third kappa shape index (κ3) is 5.52. The monoisotopic (exact) mass is 423 g/mol. The van der Waals surface area contributed by atoms with Crippen LogP contribution in [0.1, 0.15) is 17.1 Å². The van der Waals surface area contributed by atoms with Gasteiger partial charge in [-0.05, 0) is 31.0 Å². The molecule has 0 radical (unpaired) electrons. The van der Waals surface area contributed by atoms with Crippen LogP contribution in [0.5, 0.6) is 5.75 Å². The summed E-state index contributed by atoms with van der Waals surface area (Å²) in [5.74, 6) is 1.08. The molecule has 3 rings (SSSR count). The number of alkyl halides is 3. The predicted molar refractivity (Wildman–Crippen MR) is 106 cm³/mol. The molecule has 1 saturated heterocycles. The van der Waals surface area contributed by atoms with Crippen molar-refractivity contribution in [1.29, 1.82) is 0 Å². The second kappa shape index (κ2) is 9.19. The highest BCUT2D eigenvalue weighted by Gasteiger charge is 2.34. The number of halogens is 3. The van der Waals surface area contributed by atoms with Crippen LogP contribution in [0.3, 0.4) is 0 Å². The van der Waals surface area contributed by atoms with Crippen molar-refractivity contribution in [3.63, 3.8) is 0 Å². The van der Waals surface area contributed by atoms with E-state index in [0.29, 0.717) is 39.1 Å². The molecule has 1 aliphatic heterocycles. The summed E-state index contributed by atoms with van der Waals surface area (Å²) in [5, 5.41) is 2.89. The molecule has 1 N–H and O–H groups in total. The number of ether oxygens (including phenoxy) is 1. The number of nitrogens with one attached hydrogen (secondary N) is 1. The molecule has 10 heteroatoms. The molecule has 162 valence electrons. The summed E-state index contributed by atoms with van der Waals surface area (Å²) in [6, 6.07) is 8.41. The maximum atomic E-state index is 13.0. The maximum absolute atomic E-state index is 13.0. The van der Waals surface area contributed by atoms with Gasteiger partial charge < -0.3 is 19.9 Å². The zero-order valence-electron chi connectivity index (χ0n) is 16.9. The largest absolute Gasteiger partial charge is 0.497 e. The topological polar surface area (TPSA) is 70.6 Å². The van der Waals surface area contributed by atoms with Crippen molar-refractivity contribution in [3.05, 3.63) is 47.4 Å².